The van der Waals surface area contributed by atoms with Crippen LogP contribution in [0.4, 0.5) is 0 Å². The van der Waals surface area contributed by atoms with Crippen LogP contribution in [0.2, 0.25) is 0 Å². The van der Waals surface area contributed by atoms with Crippen LogP contribution in [0.25, 0.3) is 0 Å². The van der Waals surface area contributed by atoms with Crippen molar-refractivity contribution in [3.8, 4) is 0 Å². The molecule has 0 radical (unpaired) electrons. The molecule has 0 amide bonds. The Morgan fingerprint density at radius 1 is 0.481 bits per heavy atom. The third-order valence-electron chi connectivity index (χ3n) is 6.91. The molecule has 162 valence electrons. The Kier molecular flexibility index (Phi) is 15.6. The molecule has 2 rings (SSSR count). The molecule has 0 aliphatic heterocycles. The predicted molar refractivity (Wildman–Crippen MR) is 122 cm³/mol. The number of hydrogen-bond donors (Lipinski definition) is 2. The molecule has 2 aliphatic rings. The van der Waals surface area contributed by atoms with E-state index < -0.39 is 0 Å². The van der Waals surface area contributed by atoms with Crippen LogP contribution < -0.4 is 11.5 Å². The summed E-state index contributed by atoms with van der Waals surface area (Å²) in [7, 11) is 0. The predicted octanol–water partition coefficient (Wildman–Crippen LogP) is 7.34. The van der Waals surface area contributed by atoms with Gasteiger partial charge in [0.25, 0.3) is 0 Å². The van der Waals surface area contributed by atoms with E-state index in [1.807, 2.05) is 0 Å². The summed E-state index contributed by atoms with van der Waals surface area (Å²) in [5, 5.41) is 0. The molecule has 0 unspecified atom stereocenters. The standard InChI is InChI=1S/C13H26N2.C12H26/c14-12-5-1-10(2-6-12)9-11-3-7-13(15)8-4-11;1-3-5-7-9-11-12-10-8-6-4-2/h10-13H,1-9,14-15H2;3-12H2,1-2H3. The number of hydrogen-bond acceptors (Lipinski definition) is 2. The molecule has 2 nitrogen and oxygen atoms in total. The minimum Gasteiger partial charge on any atom is -0.328 e. The van der Waals surface area contributed by atoms with Gasteiger partial charge < -0.3 is 11.5 Å². The Hall–Kier alpha value is -0.0800. The van der Waals surface area contributed by atoms with E-state index in [9.17, 15) is 0 Å². The second-order valence-corrected chi connectivity index (χ2v) is 9.63. The van der Waals surface area contributed by atoms with E-state index in [0.29, 0.717) is 12.1 Å². The van der Waals surface area contributed by atoms with Crippen molar-refractivity contribution < 1.29 is 0 Å². The molecule has 2 saturated carbocycles. The van der Waals surface area contributed by atoms with Gasteiger partial charge in [-0.05, 0) is 69.6 Å². The molecule has 4 N–H and O–H groups in total. The van der Waals surface area contributed by atoms with Crippen molar-refractivity contribution in [2.24, 2.45) is 23.3 Å². The number of nitrogens with two attached hydrogens (primary N) is 2. The Bertz CT molecular complexity index is 271. The van der Waals surface area contributed by atoms with Crippen LogP contribution in [-0.2, 0) is 0 Å². The lowest BCUT2D eigenvalue weighted by atomic mass is 9.76. The lowest BCUT2D eigenvalue weighted by Gasteiger charge is -2.32. The highest BCUT2D eigenvalue weighted by atomic mass is 14.6. The summed E-state index contributed by atoms with van der Waals surface area (Å²) in [4.78, 5) is 0. The molecule has 0 saturated heterocycles. The molecule has 2 fully saturated rings. The van der Waals surface area contributed by atoms with Crippen LogP contribution in [0, 0.1) is 11.8 Å². The summed E-state index contributed by atoms with van der Waals surface area (Å²) >= 11 is 0. The summed E-state index contributed by atoms with van der Waals surface area (Å²) in [5.74, 6) is 1.95. The van der Waals surface area contributed by atoms with E-state index in [1.54, 1.807) is 0 Å². The molecule has 0 aromatic rings. The van der Waals surface area contributed by atoms with Gasteiger partial charge in [0.05, 0.1) is 0 Å². The first-order valence-electron chi connectivity index (χ1n) is 12.7. The van der Waals surface area contributed by atoms with E-state index >= 15 is 0 Å². The van der Waals surface area contributed by atoms with Crippen LogP contribution >= 0.6 is 0 Å². The minimum absolute atomic E-state index is 0.501. The number of rotatable bonds is 11. The van der Waals surface area contributed by atoms with Crippen LogP contribution in [-0.4, -0.2) is 12.1 Å². The van der Waals surface area contributed by atoms with Gasteiger partial charge in [0, 0.05) is 12.1 Å². The van der Waals surface area contributed by atoms with Gasteiger partial charge in [-0.2, -0.15) is 0 Å². The van der Waals surface area contributed by atoms with E-state index in [2.05, 4.69) is 13.8 Å². The average molecular weight is 381 g/mol. The van der Waals surface area contributed by atoms with Gasteiger partial charge in [-0.25, -0.2) is 0 Å². The van der Waals surface area contributed by atoms with E-state index in [-0.39, 0.29) is 0 Å². The summed E-state index contributed by atoms with van der Waals surface area (Å²) in [6.45, 7) is 4.56. The topological polar surface area (TPSA) is 52.0 Å². The Morgan fingerprint density at radius 3 is 1.07 bits per heavy atom. The Balaban J connectivity index is 0.000000279. The van der Waals surface area contributed by atoms with Crippen molar-refractivity contribution in [2.45, 2.75) is 148 Å². The van der Waals surface area contributed by atoms with Crippen LogP contribution in [0.15, 0.2) is 0 Å². The van der Waals surface area contributed by atoms with Crippen LogP contribution in [0.1, 0.15) is 136 Å². The van der Waals surface area contributed by atoms with Gasteiger partial charge in [-0.1, -0.05) is 78.1 Å². The zero-order valence-corrected chi connectivity index (χ0v) is 18.9. The first-order valence-corrected chi connectivity index (χ1v) is 12.7. The van der Waals surface area contributed by atoms with E-state index in [4.69, 9.17) is 11.5 Å². The highest BCUT2D eigenvalue weighted by Crippen LogP contribution is 2.34. The highest BCUT2D eigenvalue weighted by Gasteiger charge is 2.24. The highest BCUT2D eigenvalue weighted by molar-refractivity contribution is 4.80. The van der Waals surface area contributed by atoms with Gasteiger partial charge in [0.2, 0.25) is 0 Å². The van der Waals surface area contributed by atoms with Gasteiger partial charge in [0.1, 0.15) is 0 Å². The van der Waals surface area contributed by atoms with Crippen molar-refractivity contribution in [3.63, 3.8) is 0 Å². The lowest BCUT2D eigenvalue weighted by molar-refractivity contribution is 0.225. The summed E-state index contributed by atoms with van der Waals surface area (Å²) < 4.78 is 0. The number of unbranched alkanes of at least 4 members (excludes halogenated alkanes) is 9. The maximum Gasteiger partial charge on any atom is 0.00390 e. The molecule has 0 bridgehead atoms. The fourth-order valence-corrected chi connectivity index (χ4v) is 4.88. The smallest absolute Gasteiger partial charge is 0.00390 e. The van der Waals surface area contributed by atoms with Crippen molar-refractivity contribution in [3.05, 3.63) is 0 Å². The summed E-state index contributed by atoms with van der Waals surface area (Å²) in [6, 6.07) is 1.00. The average Bonchev–Trinajstić information content (AvgIpc) is 2.68. The molecule has 27 heavy (non-hydrogen) atoms. The van der Waals surface area contributed by atoms with Crippen molar-refractivity contribution in [2.75, 3.05) is 0 Å². The first-order chi connectivity index (χ1) is 13.2. The van der Waals surface area contributed by atoms with Gasteiger partial charge in [-0.3, -0.25) is 0 Å². The lowest BCUT2D eigenvalue weighted by Crippen LogP contribution is -2.30. The first kappa shape index (κ1) is 25.0. The summed E-state index contributed by atoms with van der Waals surface area (Å²) in [5.41, 5.74) is 11.9. The molecule has 2 aliphatic carbocycles. The molecule has 0 atom stereocenters. The molecule has 0 heterocycles. The molecule has 0 aromatic carbocycles. The second-order valence-electron chi connectivity index (χ2n) is 9.63. The Labute approximate surface area is 171 Å². The van der Waals surface area contributed by atoms with Crippen LogP contribution in [0.5, 0.6) is 0 Å². The maximum atomic E-state index is 5.93. The summed E-state index contributed by atoms with van der Waals surface area (Å²) in [6.07, 6.45) is 26.5. The van der Waals surface area contributed by atoms with Gasteiger partial charge >= 0.3 is 0 Å². The Morgan fingerprint density at radius 2 is 0.778 bits per heavy atom. The molecule has 0 spiro atoms. The third kappa shape index (κ3) is 13.7. The van der Waals surface area contributed by atoms with Crippen molar-refractivity contribution in [1.29, 1.82) is 0 Å². The normalized spacial score (nSPS) is 28.4. The quantitative estimate of drug-likeness (QED) is 0.368. The fourth-order valence-electron chi connectivity index (χ4n) is 4.88. The molecule has 2 heteroatoms. The minimum atomic E-state index is 0.501. The molecular weight excluding hydrogens is 328 g/mol. The van der Waals surface area contributed by atoms with Gasteiger partial charge in [-0.15, -0.1) is 0 Å². The van der Waals surface area contributed by atoms with Gasteiger partial charge in [0.15, 0.2) is 0 Å². The SMILES string of the molecule is CCCCCCCCCCCC.NC1CCC(CC2CCC(N)CC2)CC1. The maximum absolute atomic E-state index is 5.93. The van der Waals surface area contributed by atoms with E-state index in [0.717, 1.165) is 11.8 Å². The monoisotopic (exact) mass is 380 g/mol. The zero-order chi connectivity index (χ0) is 19.7. The zero-order valence-electron chi connectivity index (χ0n) is 18.9. The second kappa shape index (κ2) is 16.8. The third-order valence-corrected chi connectivity index (χ3v) is 6.91. The fraction of sp³-hybridized carbons (Fsp3) is 1.00. The van der Waals surface area contributed by atoms with E-state index in [1.165, 1.54) is 122 Å². The van der Waals surface area contributed by atoms with Crippen molar-refractivity contribution in [1.82, 2.24) is 0 Å². The van der Waals surface area contributed by atoms with Crippen LogP contribution in [0.3, 0.4) is 0 Å². The molecule has 0 aromatic heterocycles. The largest absolute Gasteiger partial charge is 0.328 e. The molecular formula is C25H52N2. The van der Waals surface area contributed by atoms with Crippen molar-refractivity contribution >= 4 is 0 Å².